The van der Waals surface area contributed by atoms with Gasteiger partial charge in [-0.15, -0.1) is 5.10 Å². The second-order valence-corrected chi connectivity index (χ2v) is 7.97. The highest BCUT2D eigenvalue weighted by atomic mass is 19.3. The van der Waals surface area contributed by atoms with E-state index in [2.05, 4.69) is 15.4 Å². The maximum absolute atomic E-state index is 14.5. The van der Waals surface area contributed by atoms with Crippen molar-refractivity contribution in [1.29, 1.82) is 0 Å². The Hall–Kier alpha value is -2.65. The molecule has 30 heavy (non-hydrogen) atoms. The number of rotatable bonds is 5. The monoisotopic (exact) mass is 418 g/mol. The van der Waals surface area contributed by atoms with Crippen LogP contribution < -0.4 is 5.32 Å². The molecule has 1 saturated heterocycles. The first-order valence-corrected chi connectivity index (χ1v) is 9.94. The number of nitrogens with zero attached hydrogens (tertiary/aromatic N) is 3. The zero-order valence-electron chi connectivity index (χ0n) is 16.1. The Morgan fingerprint density at radius 3 is 2.67 bits per heavy atom. The van der Waals surface area contributed by atoms with Crippen LogP contribution in [0.15, 0.2) is 36.5 Å². The van der Waals surface area contributed by atoms with E-state index in [0.29, 0.717) is 42.7 Å². The fourth-order valence-corrected chi connectivity index (χ4v) is 4.02. The third-order valence-electron chi connectivity index (χ3n) is 6.07. The van der Waals surface area contributed by atoms with Crippen molar-refractivity contribution < 1.29 is 23.0 Å². The number of anilines is 1. The Balaban J connectivity index is 1.47. The van der Waals surface area contributed by atoms with Gasteiger partial charge in [0.1, 0.15) is 5.52 Å². The van der Waals surface area contributed by atoms with Crippen LogP contribution >= 0.6 is 0 Å². The molecule has 1 saturated carbocycles. The van der Waals surface area contributed by atoms with Crippen LogP contribution in [0.3, 0.4) is 0 Å². The van der Waals surface area contributed by atoms with Gasteiger partial charge in [0.05, 0.1) is 36.1 Å². The van der Waals surface area contributed by atoms with Crippen molar-refractivity contribution >= 4 is 11.5 Å². The van der Waals surface area contributed by atoms with Crippen LogP contribution in [0.1, 0.15) is 24.8 Å². The molecular formula is C21H21F3N4O2. The van der Waals surface area contributed by atoms with Gasteiger partial charge in [0.15, 0.2) is 5.82 Å². The Kier molecular flexibility index (Phi) is 4.67. The van der Waals surface area contributed by atoms with Crippen LogP contribution in [0.5, 0.6) is 0 Å². The van der Waals surface area contributed by atoms with E-state index in [1.54, 1.807) is 24.3 Å². The zero-order chi connectivity index (χ0) is 20.9. The molecule has 9 heteroatoms. The molecule has 3 heterocycles. The minimum Gasteiger partial charge on any atom is -0.389 e. The second-order valence-electron chi connectivity index (χ2n) is 7.97. The number of fused-ring (bicyclic) bond motifs is 1. The van der Waals surface area contributed by atoms with Gasteiger partial charge in [0.2, 0.25) is 12.4 Å². The van der Waals surface area contributed by atoms with Gasteiger partial charge in [-0.3, -0.25) is 0 Å². The number of aliphatic hydroxyl groups excluding tert-OH is 1. The van der Waals surface area contributed by atoms with E-state index in [0.717, 1.165) is 0 Å². The molecule has 1 aromatic carbocycles. The van der Waals surface area contributed by atoms with Gasteiger partial charge in [0, 0.05) is 18.2 Å². The molecule has 5 rings (SSSR count). The van der Waals surface area contributed by atoms with Crippen LogP contribution in [0, 0.1) is 5.82 Å². The summed E-state index contributed by atoms with van der Waals surface area (Å²) in [6, 6.07) is 7.90. The first-order valence-electron chi connectivity index (χ1n) is 9.94. The van der Waals surface area contributed by atoms with Crippen molar-refractivity contribution in [1.82, 2.24) is 14.6 Å². The van der Waals surface area contributed by atoms with Crippen LogP contribution in [-0.2, 0) is 10.2 Å². The molecule has 0 amide bonds. The summed E-state index contributed by atoms with van der Waals surface area (Å²) in [5, 5.41) is 17.5. The number of alkyl halides is 2. The van der Waals surface area contributed by atoms with Gasteiger partial charge in [-0.2, -0.15) is 0 Å². The number of nitrogens with one attached hydrogen (secondary N) is 1. The van der Waals surface area contributed by atoms with Crippen molar-refractivity contribution in [2.75, 3.05) is 18.5 Å². The molecule has 1 aliphatic carbocycles. The van der Waals surface area contributed by atoms with E-state index in [4.69, 9.17) is 4.74 Å². The minimum atomic E-state index is -2.39. The van der Waals surface area contributed by atoms with Crippen molar-refractivity contribution in [2.45, 2.75) is 43.2 Å². The van der Waals surface area contributed by atoms with E-state index >= 15 is 0 Å². The highest BCUT2D eigenvalue weighted by Crippen LogP contribution is 2.52. The third-order valence-corrected chi connectivity index (χ3v) is 6.07. The average Bonchev–Trinajstić information content (AvgIpc) is 3.50. The molecule has 0 bridgehead atoms. The Morgan fingerprint density at radius 1 is 1.23 bits per heavy atom. The zero-order valence-corrected chi connectivity index (χ0v) is 16.1. The largest absolute Gasteiger partial charge is 0.389 e. The van der Waals surface area contributed by atoms with Crippen molar-refractivity contribution in [3.05, 3.63) is 47.9 Å². The van der Waals surface area contributed by atoms with Gasteiger partial charge in [-0.05, 0) is 24.8 Å². The molecule has 2 aliphatic rings. The number of aromatic nitrogens is 3. The predicted octanol–water partition coefficient (Wildman–Crippen LogP) is 3.39. The Morgan fingerprint density at radius 2 is 2.00 bits per heavy atom. The molecule has 3 aromatic rings. The van der Waals surface area contributed by atoms with Crippen LogP contribution in [0.2, 0.25) is 0 Å². The van der Waals surface area contributed by atoms with E-state index < -0.39 is 23.8 Å². The first kappa shape index (κ1) is 19.3. The maximum atomic E-state index is 14.5. The van der Waals surface area contributed by atoms with Gasteiger partial charge in [0.25, 0.3) is 0 Å². The lowest BCUT2D eigenvalue weighted by atomic mass is 9.95. The smallest absolute Gasteiger partial charge is 0.248 e. The van der Waals surface area contributed by atoms with E-state index in [-0.39, 0.29) is 24.1 Å². The summed E-state index contributed by atoms with van der Waals surface area (Å²) >= 11 is 0. The van der Waals surface area contributed by atoms with Crippen LogP contribution in [0.25, 0.3) is 16.8 Å². The van der Waals surface area contributed by atoms with E-state index in [9.17, 15) is 18.3 Å². The second kappa shape index (κ2) is 7.24. The van der Waals surface area contributed by atoms with Crippen molar-refractivity contribution in [2.24, 2.45) is 0 Å². The predicted molar refractivity (Wildman–Crippen MR) is 104 cm³/mol. The Labute approximate surface area is 170 Å². The van der Waals surface area contributed by atoms with Gasteiger partial charge in [-0.1, -0.05) is 24.3 Å². The van der Waals surface area contributed by atoms with Crippen LogP contribution in [-0.4, -0.2) is 51.5 Å². The molecule has 6 nitrogen and oxygen atoms in total. The van der Waals surface area contributed by atoms with Gasteiger partial charge in [-0.25, -0.2) is 22.7 Å². The summed E-state index contributed by atoms with van der Waals surface area (Å²) in [4.78, 5) is 4.16. The summed E-state index contributed by atoms with van der Waals surface area (Å²) in [5.41, 5.74) is 0.938. The molecule has 158 valence electrons. The topological polar surface area (TPSA) is 71.7 Å². The Bertz CT molecular complexity index is 1070. The molecule has 0 spiro atoms. The lowest BCUT2D eigenvalue weighted by Crippen LogP contribution is -2.42. The normalized spacial score (nSPS) is 23.1. The summed E-state index contributed by atoms with van der Waals surface area (Å²) < 4.78 is 47.8. The van der Waals surface area contributed by atoms with Crippen molar-refractivity contribution in [3.8, 4) is 11.3 Å². The number of halogens is 3. The van der Waals surface area contributed by atoms with Gasteiger partial charge >= 0.3 is 0 Å². The lowest BCUT2D eigenvalue weighted by Gasteiger charge is -2.28. The number of aliphatic hydroxyl groups is 1. The fraction of sp³-hybridized carbons (Fsp3) is 0.429. The number of benzene rings is 1. The van der Waals surface area contributed by atoms with Gasteiger partial charge < -0.3 is 15.2 Å². The molecule has 2 aromatic heterocycles. The third kappa shape index (κ3) is 3.22. The quantitative estimate of drug-likeness (QED) is 0.665. The molecule has 2 atom stereocenters. The number of hydrogen-bond acceptors (Lipinski definition) is 5. The maximum Gasteiger partial charge on any atom is 0.248 e. The molecular weight excluding hydrogens is 397 g/mol. The fourth-order valence-electron chi connectivity index (χ4n) is 4.02. The van der Waals surface area contributed by atoms with Crippen LogP contribution in [0.4, 0.5) is 19.1 Å². The summed E-state index contributed by atoms with van der Waals surface area (Å²) in [5.74, 6) is -0.213. The summed E-state index contributed by atoms with van der Waals surface area (Å²) in [6.07, 6.45) is -0.138. The summed E-state index contributed by atoms with van der Waals surface area (Å²) in [7, 11) is 0. The molecule has 0 radical (unpaired) electrons. The molecule has 2 fully saturated rings. The highest BCUT2D eigenvalue weighted by molar-refractivity contribution is 5.67. The SMILES string of the molecule is O[C@@H]1COCC[C@H]1Nc1ncc2c(F)cc(-c3ccc(C4(C(F)F)CC4)cc3)n2n1. The average molecular weight is 418 g/mol. The number of hydrogen-bond donors (Lipinski definition) is 2. The minimum absolute atomic E-state index is 0.207. The summed E-state index contributed by atoms with van der Waals surface area (Å²) in [6.45, 7) is 0.753. The van der Waals surface area contributed by atoms with Crippen molar-refractivity contribution in [3.63, 3.8) is 0 Å². The molecule has 1 aliphatic heterocycles. The highest BCUT2D eigenvalue weighted by Gasteiger charge is 2.52. The molecule has 0 unspecified atom stereocenters. The van der Waals surface area contributed by atoms with E-state index in [1.807, 2.05) is 0 Å². The standard InChI is InChI=1S/C21H21F3N4O2/c22-14-9-16(12-1-3-13(4-2-12)21(6-7-21)19(23)24)28-17(14)10-25-20(27-28)26-15-5-8-30-11-18(15)29/h1-4,9-10,15,18-19,29H,5-8,11H2,(H,26,27)/t15-,18-/m1/s1. The lowest BCUT2D eigenvalue weighted by molar-refractivity contribution is -0.0136. The molecule has 2 N–H and O–H groups in total. The number of ether oxygens (including phenoxy) is 1. The van der Waals surface area contributed by atoms with E-state index in [1.165, 1.54) is 16.8 Å². The first-order chi connectivity index (χ1) is 14.5.